The summed E-state index contributed by atoms with van der Waals surface area (Å²) in [7, 11) is -2.66. The molecule has 1 fully saturated rings. The fraction of sp³-hybridized carbons (Fsp3) is 0.400. The van der Waals surface area contributed by atoms with Gasteiger partial charge in [-0.25, -0.2) is 0 Å². The Morgan fingerprint density at radius 3 is 1.89 bits per heavy atom. The van der Waals surface area contributed by atoms with Crippen LogP contribution in [0.3, 0.4) is 0 Å². The van der Waals surface area contributed by atoms with Crippen molar-refractivity contribution in [3.8, 4) is 5.75 Å². The van der Waals surface area contributed by atoms with Gasteiger partial charge in [0.1, 0.15) is 18.5 Å². The van der Waals surface area contributed by atoms with E-state index >= 15 is 0 Å². The zero-order valence-corrected chi connectivity index (χ0v) is 22.2. The predicted molar refractivity (Wildman–Crippen MR) is 144 cm³/mol. The van der Waals surface area contributed by atoms with Crippen molar-refractivity contribution in [2.45, 2.75) is 57.5 Å². The molecular formula is C30H38O4Si. The highest BCUT2D eigenvalue weighted by molar-refractivity contribution is 6.99. The molecule has 0 bridgehead atoms. The quantitative estimate of drug-likeness (QED) is 0.349. The van der Waals surface area contributed by atoms with E-state index in [-0.39, 0.29) is 17.4 Å². The molecule has 5 heteroatoms. The Balaban J connectivity index is 1.62. The summed E-state index contributed by atoms with van der Waals surface area (Å²) in [6.45, 7) is 8.45. The number of hydrogen-bond acceptors (Lipinski definition) is 4. The third-order valence-corrected chi connectivity index (χ3v) is 11.6. The van der Waals surface area contributed by atoms with Crippen molar-refractivity contribution in [1.82, 2.24) is 0 Å². The van der Waals surface area contributed by atoms with Crippen LogP contribution in [0.15, 0.2) is 91.0 Å². The van der Waals surface area contributed by atoms with Gasteiger partial charge in [0.05, 0.1) is 6.61 Å². The average Bonchev–Trinajstić information content (AvgIpc) is 2.89. The normalized spacial score (nSPS) is 17.6. The number of para-hydroxylation sites is 1. The molecule has 0 N–H and O–H groups in total. The van der Waals surface area contributed by atoms with Crippen LogP contribution in [0.2, 0.25) is 5.04 Å². The van der Waals surface area contributed by atoms with Crippen LogP contribution in [-0.2, 0) is 13.9 Å². The highest BCUT2D eigenvalue weighted by Gasteiger charge is 2.50. The molecule has 1 aliphatic rings. The van der Waals surface area contributed by atoms with Crippen LogP contribution < -0.4 is 15.1 Å². The first-order valence-corrected chi connectivity index (χ1v) is 14.6. The van der Waals surface area contributed by atoms with E-state index in [0.29, 0.717) is 13.2 Å². The number of benzene rings is 3. The maximum Gasteiger partial charge on any atom is 0.261 e. The van der Waals surface area contributed by atoms with E-state index in [1.165, 1.54) is 10.4 Å². The summed E-state index contributed by atoms with van der Waals surface area (Å²) in [4.78, 5) is 0. The molecular weight excluding hydrogens is 452 g/mol. The van der Waals surface area contributed by atoms with Gasteiger partial charge in [0.25, 0.3) is 8.32 Å². The molecule has 4 nitrogen and oxygen atoms in total. The van der Waals surface area contributed by atoms with Crippen molar-refractivity contribution in [2.75, 3.05) is 19.8 Å². The van der Waals surface area contributed by atoms with Crippen molar-refractivity contribution in [3.05, 3.63) is 91.0 Å². The van der Waals surface area contributed by atoms with Crippen LogP contribution in [0.4, 0.5) is 0 Å². The summed E-state index contributed by atoms with van der Waals surface area (Å²) in [6, 6.07) is 31.3. The molecule has 4 rings (SSSR count). The minimum Gasteiger partial charge on any atom is -0.491 e. The molecule has 1 heterocycles. The van der Waals surface area contributed by atoms with E-state index in [2.05, 4.69) is 81.4 Å². The third kappa shape index (κ3) is 6.41. The fourth-order valence-corrected chi connectivity index (χ4v) is 9.44. The van der Waals surface area contributed by atoms with E-state index in [1.807, 2.05) is 30.3 Å². The lowest BCUT2D eigenvalue weighted by atomic mass is 10.2. The minimum atomic E-state index is -2.66. The molecule has 35 heavy (non-hydrogen) atoms. The molecule has 1 aliphatic heterocycles. The number of hydrogen-bond donors (Lipinski definition) is 0. The summed E-state index contributed by atoms with van der Waals surface area (Å²) in [5.74, 6) is 0.830. The van der Waals surface area contributed by atoms with Crippen molar-refractivity contribution in [2.24, 2.45) is 0 Å². The van der Waals surface area contributed by atoms with E-state index in [9.17, 15) is 0 Å². The predicted octanol–water partition coefficient (Wildman–Crippen LogP) is 5.55. The Morgan fingerprint density at radius 2 is 1.37 bits per heavy atom. The van der Waals surface area contributed by atoms with Gasteiger partial charge < -0.3 is 18.6 Å². The molecule has 0 amide bonds. The van der Waals surface area contributed by atoms with Crippen LogP contribution in [0, 0.1) is 0 Å². The SMILES string of the molecule is CC(C)(C)[Si](OCC(COc1ccccc1)OC1CCCCO1)(c1ccccc1)c1ccccc1. The van der Waals surface area contributed by atoms with Crippen LogP contribution in [0.5, 0.6) is 5.75 Å². The highest BCUT2D eigenvalue weighted by atomic mass is 28.4. The first-order chi connectivity index (χ1) is 17.0. The second-order valence-electron chi connectivity index (χ2n) is 10.2. The first kappa shape index (κ1) is 25.6. The van der Waals surface area contributed by atoms with Gasteiger partial charge in [-0.05, 0) is 46.8 Å². The summed E-state index contributed by atoms with van der Waals surface area (Å²) < 4.78 is 25.6. The molecule has 2 unspecified atom stereocenters. The number of ether oxygens (including phenoxy) is 3. The second-order valence-corrected chi connectivity index (χ2v) is 14.5. The van der Waals surface area contributed by atoms with E-state index in [1.54, 1.807) is 0 Å². The summed E-state index contributed by atoms with van der Waals surface area (Å²) in [5.41, 5.74) is 0. The lowest BCUT2D eigenvalue weighted by Gasteiger charge is -2.43. The summed E-state index contributed by atoms with van der Waals surface area (Å²) >= 11 is 0. The zero-order valence-electron chi connectivity index (χ0n) is 21.2. The molecule has 0 aromatic heterocycles. The molecule has 0 radical (unpaired) electrons. The van der Waals surface area contributed by atoms with Crippen LogP contribution >= 0.6 is 0 Å². The smallest absolute Gasteiger partial charge is 0.261 e. The monoisotopic (exact) mass is 490 g/mol. The Morgan fingerprint density at radius 1 is 0.800 bits per heavy atom. The van der Waals surface area contributed by atoms with E-state index in [4.69, 9.17) is 18.6 Å². The third-order valence-electron chi connectivity index (χ3n) is 6.56. The van der Waals surface area contributed by atoms with Gasteiger partial charge in [0.2, 0.25) is 0 Å². The first-order valence-electron chi connectivity index (χ1n) is 12.7. The summed E-state index contributed by atoms with van der Waals surface area (Å²) in [5, 5.41) is 2.42. The molecule has 186 valence electrons. The van der Waals surface area contributed by atoms with Gasteiger partial charge in [0.15, 0.2) is 6.29 Å². The molecule has 0 aliphatic carbocycles. The standard InChI is InChI=1S/C30H38O4Si/c1-30(2,3)35(27-17-9-5-10-18-27,28-19-11-6-12-20-28)33-24-26(34-29-21-13-14-22-31-29)23-32-25-15-7-4-8-16-25/h4-12,15-20,26,29H,13-14,21-24H2,1-3H3. The Bertz CT molecular complexity index is 959. The maximum absolute atomic E-state index is 7.14. The van der Waals surface area contributed by atoms with Crippen molar-refractivity contribution >= 4 is 18.7 Å². The topological polar surface area (TPSA) is 36.9 Å². The van der Waals surface area contributed by atoms with E-state index < -0.39 is 8.32 Å². The molecule has 2 atom stereocenters. The van der Waals surface area contributed by atoms with Gasteiger partial charge in [-0.2, -0.15) is 0 Å². The Labute approximate surface area is 211 Å². The fourth-order valence-electron chi connectivity index (χ4n) is 4.85. The van der Waals surface area contributed by atoms with Crippen molar-refractivity contribution in [3.63, 3.8) is 0 Å². The van der Waals surface area contributed by atoms with Gasteiger partial charge >= 0.3 is 0 Å². The lowest BCUT2D eigenvalue weighted by Crippen LogP contribution is -2.67. The second kappa shape index (κ2) is 12.0. The lowest BCUT2D eigenvalue weighted by molar-refractivity contribution is -0.198. The van der Waals surface area contributed by atoms with Crippen LogP contribution in [-0.4, -0.2) is 40.5 Å². The van der Waals surface area contributed by atoms with Gasteiger partial charge in [-0.1, -0.05) is 99.6 Å². The molecule has 1 saturated heterocycles. The zero-order chi connectivity index (χ0) is 24.6. The van der Waals surface area contributed by atoms with Crippen molar-refractivity contribution in [1.29, 1.82) is 0 Å². The molecule has 3 aromatic rings. The molecule has 0 saturated carbocycles. The van der Waals surface area contributed by atoms with Crippen molar-refractivity contribution < 1.29 is 18.6 Å². The number of rotatable bonds is 10. The Kier molecular flexibility index (Phi) is 8.79. The highest BCUT2D eigenvalue weighted by Crippen LogP contribution is 2.37. The van der Waals surface area contributed by atoms with Gasteiger partial charge in [-0.3, -0.25) is 0 Å². The minimum absolute atomic E-state index is 0.0954. The molecule has 0 spiro atoms. The van der Waals surface area contributed by atoms with Gasteiger partial charge in [-0.15, -0.1) is 0 Å². The summed E-state index contributed by atoms with van der Waals surface area (Å²) in [6.07, 6.45) is 2.65. The van der Waals surface area contributed by atoms with Crippen LogP contribution in [0.1, 0.15) is 40.0 Å². The van der Waals surface area contributed by atoms with Crippen LogP contribution in [0.25, 0.3) is 0 Å². The average molecular weight is 491 g/mol. The largest absolute Gasteiger partial charge is 0.491 e. The molecule has 3 aromatic carbocycles. The van der Waals surface area contributed by atoms with Gasteiger partial charge in [0, 0.05) is 6.61 Å². The maximum atomic E-state index is 7.14. The van der Waals surface area contributed by atoms with E-state index in [0.717, 1.165) is 31.6 Å². The Hall–Kier alpha value is -2.44.